The fourth-order valence-electron chi connectivity index (χ4n) is 5.69. The summed E-state index contributed by atoms with van der Waals surface area (Å²) in [6.45, 7) is 2.14. The van der Waals surface area contributed by atoms with Crippen molar-refractivity contribution in [3.05, 3.63) is 58.4 Å². The second-order valence-electron chi connectivity index (χ2n) is 9.24. The summed E-state index contributed by atoms with van der Waals surface area (Å²) in [5.74, 6) is -0.0727. The van der Waals surface area contributed by atoms with Crippen LogP contribution in [0, 0.1) is 11.3 Å². The maximum Gasteiger partial charge on any atom is 0.332 e. The number of piperidine rings is 1. The molecule has 0 N–H and O–H groups in total. The molecule has 0 spiro atoms. The first kappa shape index (κ1) is 20.7. The summed E-state index contributed by atoms with van der Waals surface area (Å²) in [6.07, 6.45) is 2.58. The minimum absolute atomic E-state index is 0.0133. The van der Waals surface area contributed by atoms with Crippen molar-refractivity contribution in [2.45, 2.75) is 25.3 Å². The Morgan fingerprint density at radius 2 is 1.72 bits per heavy atom. The van der Waals surface area contributed by atoms with E-state index in [1.54, 1.807) is 24.3 Å². The molecule has 5 heterocycles. The first-order valence-electron chi connectivity index (χ1n) is 10.8. The first-order chi connectivity index (χ1) is 15.3. The Morgan fingerprint density at radius 1 is 0.969 bits per heavy atom. The number of carbonyl (C=O) groups excluding carboxylic acids is 3. The van der Waals surface area contributed by atoms with Crippen molar-refractivity contribution in [2.24, 2.45) is 11.3 Å². The number of hydrogen-bond donors (Lipinski definition) is 0. The van der Waals surface area contributed by atoms with Crippen molar-refractivity contribution in [3.8, 4) is 0 Å². The molecular weight excluding hydrogens is 412 g/mol. The van der Waals surface area contributed by atoms with Crippen molar-refractivity contribution in [1.82, 2.24) is 19.3 Å². The molecule has 5 rings (SSSR count). The van der Waals surface area contributed by atoms with E-state index >= 15 is 0 Å². The average molecular weight is 438 g/mol. The Balaban J connectivity index is 1.49. The van der Waals surface area contributed by atoms with Gasteiger partial charge in [-0.25, -0.2) is 4.79 Å². The van der Waals surface area contributed by atoms with E-state index < -0.39 is 23.3 Å². The molecule has 2 bridgehead atoms. The highest BCUT2D eigenvalue weighted by atomic mass is 16.3. The number of likely N-dealkylation sites (tertiary alicyclic amines) is 1. The monoisotopic (exact) mass is 438 g/mol. The van der Waals surface area contributed by atoms with Crippen LogP contribution >= 0.6 is 0 Å². The lowest BCUT2D eigenvalue weighted by molar-refractivity contribution is -0.159. The van der Waals surface area contributed by atoms with E-state index in [-0.39, 0.29) is 30.4 Å². The SMILES string of the molecule is CN1C(=O)N(C)C(=O)C(Cc2ccco2)(CN2C[C@H]3C[C@H](C2)c2cccc(=O)n2C3)C1=O. The summed E-state index contributed by atoms with van der Waals surface area (Å²) < 4.78 is 7.35. The van der Waals surface area contributed by atoms with Crippen LogP contribution in [0.5, 0.6) is 0 Å². The number of fused-ring (bicyclic) bond motifs is 4. The van der Waals surface area contributed by atoms with E-state index in [1.165, 1.54) is 20.4 Å². The minimum atomic E-state index is -1.45. The molecular formula is C23H26N4O5. The maximum atomic E-state index is 13.4. The molecule has 2 atom stereocenters. The minimum Gasteiger partial charge on any atom is -0.469 e. The van der Waals surface area contributed by atoms with E-state index in [0.29, 0.717) is 25.4 Å². The molecule has 168 valence electrons. The van der Waals surface area contributed by atoms with Crippen LogP contribution in [0.2, 0.25) is 0 Å². The molecule has 3 aliphatic heterocycles. The standard InChI is InChI=1S/C23H26N4O5/c1-24-20(29)23(10-17-5-4-8-32-17,21(30)25(2)22(24)31)14-26-11-15-9-16(13-26)18-6-3-7-19(28)27(18)12-15/h3-8,15-16H,9-14H2,1-2H3/t15-,16-/m1/s1. The molecule has 32 heavy (non-hydrogen) atoms. The zero-order valence-electron chi connectivity index (χ0n) is 18.2. The number of amides is 4. The number of pyridine rings is 1. The smallest absolute Gasteiger partial charge is 0.332 e. The van der Waals surface area contributed by atoms with Crippen molar-refractivity contribution in [1.29, 1.82) is 0 Å². The van der Waals surface area contributed by atoms with Crippen molar-refractivity contribution in [3.63, 3.8) is 0 Å². The Kier molecular flexibility index (Phi) is 4.81. The molecule has 0 unspecified atom stereocenters. The summed E-state index contributed by atoms with van der Waals surface area (Å²) in [5.41, 5.74) is -0.430. The van der Waals surface area contributed by atoms with Crippen LogP contribution in [-0.4, -0.2) is 70.8 Å². The van der Waals surface area contributed by atoms with E-state index in [4.69, 9.17) is 4.42 Å². The van der Waals surface area contributed by atoms with Gasteiger partial charge in [-0.1, -0.05) is 6.07 Å². The molecule has 0 aliphatic carbocycles. The molecule has 0 radical (unpaired) electrons. The van der Waals surface area contributed by atoms with E-state index in [0.717, 1.165) is 21.9 Å². The summed E-state index contributed by atoms with van der Waals surface area (Å²) in [5, 5.41) is 0. The second kappa shape index (κ2) is 7.44. The summed E-state index contributed by atoms with van der Waals surface area (Å²) >= 11 is 0. The summed E-state index contributed by atoms with van der Waals surface area (Å²) in [7, 11) is 2.83. The number of carbonyl (C=O) groups is 3. The highest BCUT2D eigenvalue weighted by Gasteiger charge is 2.57. The number of rotatable bonds is 4. The molecule has 0 saturated carbocycles. The van der Waals surface area contributed by atoms with Gasteiger partial charge in [0.2, 0.25) is 11.8 Å². The number of barbiturate groups is 1. The fraction of sp³-hybridized carbons (Fsp3) is 0.478. The van der Waals surface area contributed by atoms with Gasteiger partial charge in [0.1, 0.15) is 11.2 Å². The quantitative estimate of drug-likeness (QED) is 0.665. The van der Waals surface area contributed by atoms with Crippen LogP contribution in [-0.2, 0) is 22.6 Å². The molecule has 9 heteroatoms. The van der Waals surface area contributed by atoms with Gasteiger partial charge < -0.3 is 13.9 Å². The highest BCUT2D eigenvalue weighted by molar-refractivity contribution is 6.19. The van der Waals surface area contributed by atoms with Crippen LogP contribution in [0.4, 0.5) is 4.79 Å². The van der Waals surface area contributed by atoms with Crippen LogP contribution in [0.25, 0.3) is 0 Å². The van der Waals surface area contributed by atoms with E-state index in [9.17, 15) is 19.2 Å². The lowest BCUT2D eigenvalue weighted by Gasteiger charge is -2.47. The van der Waals surface area contributed by atoms with Crippen molar-refractivity contribution >= 4 is 17.8 Å². The molecule has 3 aliphatic rings. The molecule has 0 aromatic carbocycles. The van der Waals surface area contributed by atoms with Crippen LogP contribution in [0.1, 0.15) is 23.8 Å². The van der Waals surface area contributed by atoms with Gasteiger partial charge in [-0.3, -0.25) is 24.2 Å². The number of nitrogens with zero attached hydrogens (tertiary/aromatic N) is 4. The Morgan fingerprint density at radius 3 is 2.41 bits per heavy atom. The van der Waals surface area contributed by atoms with Gasteiger partial charge in [-0.15, -0.1) is 0 Å². The molecule has 2 aromatic rings. The third kappa shape index (κ3) is 3.10. The highest BCUT2D eigenvalue weighted by Crippen LogP contribution is 2.39. The van der Waals surface area contributed by atoms with Crippen molar-refractivity contribution in [2.75, 3.05) is 33.7 Å². The predicted molar refractivity (Wildman–Crippen MR) is 114 cm³/mol. The van der Waals surface area contributed by atoms with E-state index in [2.05, 4.69) is 4.90 Å². The third-order valence-corrected chi connectivity index (χ3v) is 7.11. The number of aromatic nitrogens is 1. The molecule has 2 fully saturated rings. The number of imide groups is 2. The van der Waals surface area contributed by atoms with Gasteiger partial charge in [0.25, 0.3) is 5.56 Å². The molecule has 2 aromatic heterocycles. The van der Waals surface area contributed by atoms with Gasteiger partial charge in [0, 0.05) is 64.4 Å². The van der Waals surface area contributed by atoms with Gasteiger partial charge in [-0.2, -0.15) is 0 Å². The number of urea groups is 1. The fourth-order valence-corrected chi connectivity index (χ4v) is 5.69. The maximum absolute atomic E-state index is 13.4. The molecule has 9 nitrogen and oxygen atoms in total. The van der Waals surface area contributed by atoms with Crippen LogP contribution in [0.3, 0.4) is 0 Å². The van der Waals surface area contributed by atoms with Crippen LogP contribution < -0.4 is 5.56 Å². The lowest BCUT2D eigenvalue weighted by atomic mass is 9.76. The Bertz CT molecular complexity index is 1110. The average Bonchev–Trinajstić information content (AvgIpc) is 3.29. The second-order valence-corrected chi connectivity index (χ2v) is 9.24. The zero-order valence-corrected chi connectivity index (χ0v) is 18.2. The Labute approximate surface area is 185 Å². The van der Waals surface area contributed by atoms with Gasteiger partial charge in [-0.05, 0) is 30.5 Å². The van der Waals surface area contributed by atoms with E-state index in [1.807, 2.05) is 10.6 Å². The number of furan rings is 1. The largest absolute Gasteiger partial charge is 0.469 e. The predicted octanol–water partition coefficient (Wildman–Crippen LogP) is 1.14. The summed E-state index contributed by atoms with van der Waals surface area (Å²) in [6, 6.07) is 8.20. The third-order valence-electron chi connectivity index (χ3n) is 7.11. The van der Waals surface area contributed by atoms with Gasteiger partial charge >= 0.3 is 6.03 Å². The first-order valence-corrected chi connectivity index (χ1v) is 10.8. The lowest BCUT2D eigenvalue weighted by Crippen LogP contribution is -2.67. The van der Waals surface area contributed by atoms with Gasteiger partial charge in [0.15, 0.2) is 0 Å². The Hall–Kier alpha value is -3.20. The zero-order chi connectivity index (χ0) is 22.6. The van der Waals surface area contributed by atoms with Gasteiger partial charge in [0.05, 0.1) is 6.26 Å². The number of hydrogen-bond acceptors (Lipinski definition) is 6. The van der Waals surface area contributed by atoms with Crippen molar-refractivity contribution < 1.29 is 18.8 Å². The molecule has 4 amide bonds. The van der Waals surface area contributed by atoms with Crippen LogP contribution in [0.15, 0.2) is 45.8 Å². The topological polar surface area (TPSA) is 96.1 Å². The normalized spacial score (nSPS) is 25.2. The summed E-state index contributed by atoms with van der Waals surface area (Å²) in [4.78, 5) is 55.8. The molecule has 2 saturated heterocycles.